The summed E-state index contributed by atoms with van der Waals surface area (Å²) in [6, 6.07) is 10.3. The highest BCUT2D eigenvalue weighted by molar-refractivity contribution is 9.10. The van der Waals surface area contributed by atoms with Crippen LogP contribution in [0.25, 0.3) is 0 Å². The first-order chi connectivity index (χ1) is 12.5. The fraction of sp³-hybridized carbons (Fsp3) is 0.350. The van der Waals surface area contributed by atoms with Gasteiger partial charge >= 0.3 is 0 Å². The van der Waals surface area contributed by atoms with E-state index in [1.807, 2.05) is 0 Å². The van der Waals surface area contributed by atoms with Crippen molar-refractivity contribution in [1.82, 2.24) is 9.47 Å². The molecule has 0 unspecified atom stereocenters. The molecule has 1 aromatic heterocycles. The fourth-order valence-electron chi connectivity index (χ4n) is 3.18. The molecular formula is C20H21BrN2O3. The third-order valence-electron chi connectivity index (χ3n) is 4.84. The lowest BCUT2D eigenvalue weighted by Crippen LogP contribution is -2.46. The largest absolute Gasteiger partial charge is 0.340 e. The van der Waals surface area contributed by atoms with Gasteiger partial charge < -0.3 is 4.90 Å². The van der Waals surface area contributed by atoms with Crippen LogP contribution < -0.4 is 5.56 Å². The Bertz CT molecular complexity index is 852. The maximum Gasteiger partial charge on any atom is 0.253 e. The number of benzene rings is 1. The summed E-state index contributed by atoms with van der Waals surface area (Å²) in [5, 5.41) is 0. The molecule has 2 aromatic rings. The maximum absolute atomic E-state index is 13.2. The van der Waals surface area contributed by atoms with Crippen molar-refractivity contribution in [2.75, 3.05) is 13.1 Å². The van der Waals surface area contributed by atoms with E-state index in [2.05, 4.69) is 22.9 Å². The summed E-state index contributed by atoms with van der Waals surface area (Å²) in [5.41, 5.74) is 0.0503. The number of piperidine rings is 1. The number of nitrogens with zero attached hydrogens (tertiary/aromatic N) is 2. The van der Waals surface area contributed by atoms with Gasteiger partial charge in [0.1, 0.15) is 0 Å². The van der Waals surface area contributed by atoms with Crippen LogP contribution in [-0.4, -0.2) is 34.2 Å². The van der Waals surface area contributed by atoms with E-state index < -0.39 is 6.04 Å². The third kappa shape index (κ3) is 3.96. The van der Waals surface area contributed by atoms with Gasteiger partial charge in [-0.1, -0.05) is 41.1 Å². The monoisotopic (exact) mass is 416 g/mol. The summed E-state index contributed by atoms with van der Waals surface area (Å²) in [6.07, 6.45) is 3.33. The molecule has 0 N–H and O–H groups in total. The van der Waals surface area contributed by atoms with Crippen LogP contribution in [0.5, 0.6) is 0 Å². The molecule has 1 amide bonds. The topological polar surface area (TPSA) is 59.4 Å². The molecule has 1 atom stereocenters. The Morgan fingerprint density at radius 1 is 1.08 bits per heavy atom. The first-order valence-electron chi connectivity index (χ1n) is 8.73. The lowest BCUT2D eigenvalue weighted by atomic mass is 9.97. The standard InChI is InChI=1S/C20H21BrN2O3/c1-14-9-12-22(13-10-14)20(26)18(23-11-3-2-4-17(23)24)19(25)15-5-7-16(21)8-6-15/h2-8,11,14,18H,9-10,12-13H2,1H3/t18-/m0/s1. The van der Waals surface area contributed by atoms with E-state index in [9.17, 15) is 14.4 Å². The van der Waals surface area contributed by atoms with Gasteiger partial charge in [-0.2, -0.15) is 0 Å². The Morgan fingerprint density at radius 3 is 2.35 bits per heavy atom. The zero-order chi connectivity index (χ0) is 18.7. The highest BCUT2D eigenvalue weighted by Gasteiger charge is 2.34. The van der Waals surface area contributed by atoms with E-state index in [0.29, 0.717) is 24.6 Å². The lowest BCUT2D eigenvalue weighted by Gasteiger charge is -2.33. The molecule has 0 aliphatic carbocycles. The zero-order valence-electron chi connectivity index (χ0n) is 14.6. The molecule has 1 aromatic carbocycles. The second-order valence-corrected chi connectivity index (χ2v) is 7.64. The molecule has 0 radical (unpaired) electrons. The lowest BCUT2D eigenvalue weighted by molar-refractivity contribution is -0.134. The molecule has 0 spiro atoms. The minimum atomic E-state index is -1.17. The quantitative estimate of drug-likeness (QED) is 0.567. The number of rotatable bonds is 4. The third-order valence-corrected chi connectivity index (χ3v) is 5.36. The molecule has 3 rings (SSSR count). The fourth-order valence-corrected chi connectivity index (χ4v) is 3.45. The maximum atomic E-state index is 13.2. The Morgan fingerprint density at radius 2 is 1.73 bits per heavy atom. The Labute approximate surface area is 160 Å². The number of pyridine rings is 1. The predicted molar refractivity (Wildman–Crippen MR) is 103 cm³/mol. The molecule has 5 nitrogen and oxygen atoms in total. The van der Waals surface area contributed by atoms with Gasteiger partial charge in [-0.3, -0.25) is 19.0 Å². The van der Waals surface area contributed by atoms with Crippen LogP contribution in [0.1, 0.15) is 36.2 Å². The minimum Gasteiger partial charge on any atom is -0.340 e. The Hall–Kier alpha value is -2.21. The van der Waals surface area contributed by atoms with E-state index in [4.69, 9.17) is 0 Å². The molecule has 1 aliphatic heterocycles. The SMILES string of the molecule is CC1CCN(C(=O)[C@H](C(=O)c2ccc(Br)cc2)n2ccccc2=O)CC1. The molecule has 1 aliphatic rings. The highest BCUT2D eigenvalue weighted by Crippen LogP contribution is 2.22. The average Bonchev–Trinajstić information content (AvgIpc) is 2.64. The number of aromatic nitrogens is 1. The Kier molecular flexibility index (Phi) is 5.71. The second-order valence-electron chi connectivity index (χ2n) is 6.73. The molecule has 0 saturated carbocycles. The molecule has 0 bridgehead atoms. The summed E-state index contributed by atoms with van der Waals surface area (Å²) >= 11 is 3.34. The normalized spacial score (nSPS) is 16.3. The van der Waals surface area contributed by atoms with Gasteiger partial charge in [0.05, 0.1) is 0 Å². The number of halogens is 1. The number of Topliss-reactive ketones (excluding diaryl/α,β-unsaturated/α-hetero) is 1. The number of amides is 1. The predicted octanol–water partition coefficient (Wildman–Crippen LogP) is 3.29. The summed E-state index contributed by atoms with van der Waals surface area (Å²) in [6.45, 7) is 3.39. The van der Waals surface area contributed by atoms with E-state index >= 15 is 0 Å². The number of hydrogen-bond donors (Lipinski definition) is 0. The molecule has 26 heavy (non-hydrogen) atoms. The van der Waals surface area contributed by atoms with Crippen molar-refractivity contribution in [1.29, 1.82) is 0 Å². The van der Waals surface area contributed by atoms with E-state index in [1.165, 1.54) is 16.8 Å². The van der Waals surface area contributed by atoms with E-state index in [1.54, 1.807) is 41.3 Å². The number of carbonyl (C=O) groups excluding carboxylic acids is 2. The van der Waals surface area contributed by atoms with Crippen molar-refractivity contribution >= 4 is 27.6 Å². The van der Waals surface area contributed by atoms with Gasteiger partial charge in [-0.15, -0.1) is 0 Å². The summed E-state index contributed by atoms with van der Waals surface area (Å²) in [4.78, 5) is 40.3. The van der Waals surface area contributed by atoms with Gasteiger partial charge in [-0.25, -0.2) is 0 Å². The number of ketones is 1. The van der Waals surface area contributed by atoms with Crippen LogP contribution in [0, 0.1) is 5.92 Å². The van der Waals surface area contributed by atoms with Crippen molar-refractivity contribution in [3.63, 3.8) is 0 Å². The first-order valence-corrected chi connectivity index (χ1v) is 9.52. The molecule has 1 fully saturated rings. The van der Waals surface area contributed by atoms with E-state index in [-0.39, 0.29) is 17.2 Å². The van der Waals surface area contributed by atoms with Crippen molar-refractivity contribution in [2.24, 2.45) is 5.92 Å². The highest BCUT2D eigenvalue weighted by atomic mass is 79.9. The van der Waals surface area contributed by atoms with Gasteiger partial charge in [0.25, 0.3) is 11.5 Å². The van der Waals surface area contributed by atoms with Crippen LogP contribution >= 0.6 is 15.9 Å². The molecular weight excluding hydrogens is 396 g/mol. The second kappa shape index (κ2) is 7.99. The van der Waals surface area contributed by atoms with Crippen LogP contribution in [0.3, 0.4) is 0 Å². The zero-order valence-corrected chi connectivity index (χ0v) is 16.2. The Balaban J connectivity index is 1.98. The molecule has 6 heteroatoms. The number of likely N-dealkylation sites (tertiary alicyclic amines) is 1. The number of hydrogen-bond acceptors (Lipinski definition) is 3. The molecule has 1 saturated heterocycles. The summed E-state index contributed by atoms with van der Waals surface area (Å²) in [5.74, 6) is -0.105. The van der Waals surface area contributed by atoms with Gasteiger partial charge in [-0.05, 0) is 37.0 Å². The van der Waals surface area contributed by atoms with Gasteiger partial charge in [0, 0.05) is 35.4 Å². The summed E-state index contributed by atoms with van der Waals surface area (Å²) < 4.78 is 2.09. The molecule has 136 valence electrons. The average molecular weight is 417 g/mol. The van der Waals surface area contributed by atoms with Crippen molar-refractivity contribution in [2.45, 2.75) is 25.8 Å². The number of carbonyl (C=O) groups is 2. The van der Waals surface area contributed by atoms with Crippen molar-refractivity contribution < 1.29 is 9.59 Å². The molecule has 2 heterocycles. The van der Waals surface area contributed by atoms with Gasteiger partial charge in [0.2, 0.25) is 0 Å². The van der Waals surface area contributed by atoms with Crippen LogP contribution in [0.2, 0.25) is 0 Å². The van der Waals surface area contributed by atoms with Crippen molar-refractivity contribution in [3.8, 4) is 0 Å². The summed E-state index contributed by atoms with van der Waals surface area (Å²) in [7, 11) is 0. The van der Waals surface area contributed by atoms with Crippen LogP contribution in [-0.2, 0) is 4.79 Å². The van der Waals surface area contributed by atoms with Crippen molar-refractivity contribution in [3.05, 3.63) is 69.1 Å². The van der Waals surface area contributed by atoms with E-state index in [0.717, 1.165) is 17.3 Å². The van der Waals surface area contributed by atoms with Crippen LogP contribution in [0.15, 0.2) is 57.9 Å². The van der Waals surface area contributed by atoms with Crippen LogP contribution in [0.4, 0.5) is 0 Å². The smallest absolute Gasteiger partial charge is 0.253 e. The van der Waals surface area contributed by atoms with Gasteiger partial charge in [0.15, 0.2) is 11.8 Å². The first kappa shape index (κ1) is 18.6. The minimum absolute atomic E-state index is 0.307.